The minimum atomic E-state index is -5.12. The van der Waals surface area contributed by atoms with E-state index in [9.17, 15) is 39.5 Å². The van der Waals surface area contributed by atoms with Gasteiger partial charge in [-0.05, 0) is 30.3 Å². The lowest BCUT2D eigenvalue weighted by Crippen LogP contribution is -2.06. The molecule has 2 aromatic carbocycles. The summed E-state index contributed by atoms with van der Waals surface area (Å²) in [5, 5.41) is 8.90. The summed E-state index contributed by atoms with van der Waals surface area (Å²) in [6.45, 7) is 2.99. The first-order chi connectivity index (χ1) is 11.2. The largest absolute Gasteiger partial charge is 0.505 e. The Morgan fingerprint density at radius 1 is 0.800 bits per heavy atom. The van der Waals surface area contributed by atoms with Crippen molar-refractivity contribution in [3.63, 3.8) is 0 Å². The van der Waals surface area contributed by atoms with Gasteiger partial charge in [-0.1, -0.05) is 0 Å². The van der Waals surface area contributed by atoms with Crippen molar-refractivity contribution in [2.45, 2.75) is 14.7 Å². The van der Waals surface area contributed by atoms with Gasteiger partial charge < -0.3 is 5.11 Å². The average Bonchev–Trinajstić information content (AvgIpc) is 2.42. The maximum absolute atomic E-state index is 11.5. The van der Waals surface area contributed by atoms with E-state index in [1.807, 2.05) is 0 Å². The number of aliphatic imine (C=N–C) groups is 1. The van der Waals surface area contributed by atoms with Crippen molar-refractivity contribution in [2.75, 3.05) is 0 Å². The summed E-state index contributed by atoms with van der Waals surface area (Å²) < 4.78 is 95.9. The first-order valence-corrected chi connectivity index (χ1v) is 10.2. The van der Waals surface area contributed by atoms with Gasteiger partial charge in [-0.3, -0.25) is 18.7 Å². The highest BCUT2D eigenvalue weighted by atomic mass is 32.2. The fourth-order valence-corrected chi connectivity index (χ4v) is 4.17. The van der Waals surface area contributed by atoms with Gasteiger partial charge in [0.1, 0.15) is 15.5 Å². The third-order valence-electron chi connectivity index (χ3n) is 3.10. The molecule has 4 N–H and O–H groups in total. The summed E-state index contributed by atoms with van der Waals surface area (Å²) in [5.41, 5.74) is -0.820. The molecule has 0 radical (unpaired) electrons. The number of aromatic hydroxyl groups is 1. The van der Waals surface area contributed by atoms with Crippen LogP contribution in [0.5, 0.6) is 5.75 Å². The van der Waals surface area contributed by atoms with E-state index in [-0.39, 0.29) is 0 Å². The van der Waals surface area contributed by atoms with E-state index >= 15 is 0 Å². The van der Waals surface area contributed by atoms with Crippen LogP contribution in [-0.2, 0) is 30.4 Å². The van der Waals surface area contributed by atoms with Gasteiger partial charge in [0.2, 0.25) is 0 Å². The zero-order chi connectivity index (χ0) is 19.4. The van der Waals surface area contributed by atoms with Crippen molar-refractivity contribution in [3.8, 4) is 5.75 Å². The van der Waals surface area contributed by atoms with Crippen LogP contribution in [0.2, 0.25) is 0 Å². The SMILES string of the molecule is C=Nc1c(S(=O)(=O)O)cc2cc(S(=O)(=O)O)cc(S(=O)(=O)O)c2c1O. The number of phenolic OH excluding ortho intramolecular Hbond substituents is 1. The van der Waals surface area contributed by atoms with Gasteiger partial charge >= 0.3 is 0 Å². The van der Waals surface area contributed by atoms with Crippen molar-refractivity contribution in [1.29, 1.82) is 0 Å². The molecule has 0 unspecified atom stereocenters. The second kappa shape index (κ2) is 5.72. The van der Waals surface area contributed by atoms with Crippen LogP contribution in [-0.4, -0.2) is 50.7 Å². The molecule has 0 bridgehead atoms. The molecule has 0 saturated heterocycles. The second-order valence-electron chi connectivity index (χ2n) is 4.67. The summed E-state index contributed by atoms with van der Waals surface area (Å²) in [4.78, 5) is 0.0550. The number of phenols is 1. The monoisotopic (exact) mass is 411 g/mol. The molecule has 0 aliphatic rings. The lowest BCUT2D eigenvalue weighted by atomic mass is 10.1. The fraction of sp³-hybridized carbons (Fsp3) is 0. The number of rotatable bonds is 4. The maximum atomic E-state index is 11.5. The highest BCUT2D eigenvalue weighted by Gasteiger charge is 2.27. The van der Waals surface area contributed by atoms with Crippen LogP contribution in [0, 0.1) is 0 Å². The lowest BCUT2D eigenvalue weighted by molar-refractivity contribution is 0.470. The minimum absolute atomic E-state index is 0.354. The molecule has 0 saturated carbocycles. The highest BCUT2D eigenvalue weighted by molar-refractivity contribution is 7.87. The van der Waals surface area contributed by atoms with Gasteiger partial charge in [0, 0.05) is 5.39 Å². The number of fused-ring (bicyclic) bond motifs is 1. The fourth-order valence-electron chi connectivity index (χ4n) is 2.12. The van der Waals surface area contributed by atoms with E-state index in [2.05, 4.69) is 11.7 Å². The summed E-state index contributed by atoms with van der Waals surface area (Å²) in [6.07, 6.45) is 0. The van der Waals surface area contributed by atoms with E-state index in [1.54, 1.807) is 0 Å². The maximum Gasteiger partial charge on any atom is 0.296 e. The summed E-state index contributed by atoms with van der Waals surface area (Å²) in [5.74, 6) is -1.10. The van der Waals surface area contributed by atoms with Crippen molar-refractivity contribution in [3.05, 3.63) is 18.2 Å². The molecule has 0 amide bonds. The van der Waals surface area contributed by atoms with Crippen molar-refractivity contribution >= 4 is 53.5 Å². The van der Waals surface area contributed by atoms with Crippen LogP contribution in [0.4, 0.5) is 5.69 Å². The lowest BCUT2D eigenvalue weighted by Gasteiger charge is -2.12. The second-order valence-corrected chi connectivity index (χ2v) is 8.88. The topological polar surface area (TPSA) is 196 Å². The van der Waals surface area contributed by atoms with E-state index in [0.29, 0.717) is 18.2 Å². The van der Waals surface area contributed by atoms with Crippen molar-refractivity contribution in [2.24, 2.45) is 4.99 Å². The molecule has 0 spiro atoms. The molecular weight excluding hydrogens is 402 g/mol. The highest BCUT2D eigenvalue weighted by Crippen LogP contribution is 2.43. The van der Waals surface area contributed by atoms with Gasteiger partial charge in [0.15, 0.2) is 5.75 Å². The van der Waals surface area contributed by atoms with Crippen LogP contribution < -0.4 is 0 Å². The molecule has 11 nitrogen and oxygen atoms in total. The Bertz CT molecular complexity index is 1230. The van der Waals surface area contributed by atoms with Crippen LogP contribution >= 0.6 is 0 Å². The third-order valence-corrected chi connectivity index (χ3v) is 5.68. The number of nitrogens with zero attached hydrogens (tertiary/aromatic N) is 1. The van der Waals surface area contributed by atoms with Gasteiger partial charge in [0.05, 0.1) is 4.90 Å². The molecule has 0 aromatic heterocycles. The van der Waals surface area contributed by atoms with E-state index in [1.165, 1.54) is 0 Å². The summed E-state index contributed by atoms with van der Waals surface area (Å²) >= 11 is 0. The molecule has 25 heavy (non-hydrogen) atoms. The van der Waals surface area contributed by atoms with Gasteiger partial charge in [-0.15, -0.1) is 0 Å². The number of hydrogen-bond donors (Lipinski definition) is 4. The van der Waals surface area contributed by atoms with Gasteiger partial charge in [-0.2, -0.15) is 25.3 Å². The zero-order valence-electron chi connectivity index (χ0n) is 11.8. The Morgan fingerprint density at radius 2 is 1.32 bits per heavy atom. The van der Waals surface area contributed by atoms with Gasteiger partial charge in [-0.25, -0.2) is 0 Å². The van der Waals surface area contributed by atoms with Crippen LogP contribution in [0.25, 0.3) is 10.8 Å². The average molecular weight is 411 g/mol. The summed E-state index contributed by atoms with van der Waals surface area (Å²) in [6, 6.07) is 1.57. The number of hydrogen-bond acceptors (Lipinski definition) is 8. The molecule has 14 heteroatoms. The van der Waals surface area contributed by atoms with Crippen molar-refractivity contribution < 1.29 is 44.0 Å². The normalized spacial score (nSPS) is 13.1. The smallest absolute Gasteiger partial charge is 0.296 e. The minimum Gasteiger partial charge on any atom is -0.505 e. The number of benzene rings is 2. The van der Waals surface area contributed by atoms with Crippen LogP contribution in [0.1, 0.15) is 0 Å². The first kappa shape index (κ1) is 19.2. The molecule has 0 fully saturated rings. The Balaban J connectivity index is 3.25. The predicted molar refractivity (Wildman–Crippen MR) is 84.3 cm³/mol. The molecule has 136 valence electrons. The Morgan fingerprint density at radius 3 is 1.72 bits per heavy atom. The Kier molecular flexibility index (Phi) is 4.40. The van der Waals surface area contributed by atoms with E-state index in [0.717, 1.165) is 0 Å². The zero-order valence-corrected chi connectivity index (χ0v) is 14.3. The molecule has 2 rings (SSSR count). The molecule has 0 atom stereocenters. The quantitative estimate of drug-likeness (QED) is 0.409. The first-order valence-electron chi connectivity index (χ1n) is 5.91. The standard InChI is InChI=1S/C11H9NO10S3/c1-12-10-8(25(20,21)22)3-5-2-6(23(14,15)16)4-7(24(17,18)19)9(5)11(10)13/h2-4,13H,1H2,(H,14,15,16)(H,17,18,19)(H,20,21,22). The molecular formula is C11H9NO10S3. The van der Waals surface area contributed by atoms with E-state index in [4.69, 9.17) is 4.55 Å². The third kappa shape index (κ3) is 3.48. The summed E-state index contributed by atoms with van der Waals surface area (Å²) in [7, 11) is -15.1. The molecule has 2 aromatic rings. The van der Waals surface area contributed by atoms with Crippen LogP contribution in [0.15, 0.2) is 37.9 Å². The Hall–Kier alpha value is -2.10. The van der Waals surface area contributed by atoms with Gasteiger partial charge in [0.25, 0.3) is 30.4 Å². The van der Waals surface area contributed by atoms with Crippen molar-refractivity contribution in [1.82, 2.24) is 0 Å². The molecule has 0 aliphatic carbocycles. The predicted octanol–water partition coefficient (Wildman–Crippen LogP) is 0.618. The Labute approximate surface area is 141 Å². The molecule has 0 aliphatic heterocycles. The molecule has 0 heterocycles. The van der Waals surface area contributed by atoms with E-state index < -0.39 is 67.3 Å². The van der Waals surface area contributed by atoms with Crippen LogP contribution in [0.3, 0.4) is 0 Å².